The van der Waals surface area contributed by atoms with E-state index < -0.39 is 13.2 Å². The summed E-state index contributed by atoms with van der Waals surface area (Å²) in [5.41, 5.74) is 3.29. The Labute approximate surface area is 98.9 Å². The molecule has 0 aromatic rings. The van der Waals surface area contributed by atoms with Gasteiger partial charge in [-0.15, -0.1) is 0 Å². The van der Waals surface area contributed by atoms with Crippen molar-refractivity contribution in [1.82, 2.24) is 6.15 Å². The highest BCUT2D eigenvalue weighted by Crippen LogP contribution is 2.42. The minimum Gasteiger partial charge on any atom is -0.359 e. The largest absolute Gasteiger partial charge is 0.415 e. The Bertz CT molecular complexity index is 238. The standard InChI is InChI=1S/C5H10Br2NO4P.H3N/c1-3(6)4(7)2-12-13(10,11)5(8)9;/h3-4H,2H2,1H3,(H2,8,9)(H,10,11);1H3. The lowest BCUT2D eigenvalue weighted by atomic mass is 10.4. The molecule has 0 bridgehead atoms. The molecule has 0 aromatic heterocycles. The average molecular weight is 356 g/mol. The number of alkyl halides is 2. The second-order valence-electron chi connectivity index (χ2n) is 2.35. The van der Waals surface area contributed by atoms with Crippen molar-refractivity contribution in [3.8, 4) is 0 Å². The van der Waals surface area contributed by atoms with Crippen LogP contribution in [0.25, 0.3) is 0 Å². The van der Waals surface area contributed by atoms with Gasteiger partial charge in [-0.05, 0) is 0 Å². The molecule has 0 heterocycles. The monoisotopic (exact) mass is 354 g/mol. The molecule has 0 radical (unpaired) electrons. The Hall–Kier alpha value is 0.540. The van der Waals surface area contributed by atoms with Crippen LogP contribution >= 0.6 is 39.5 Å². The van der Waals surface area contributed by atoms with Crippen molar-refractivity contribution in [2.75, 3.05) is 6.61 Å². The van der Waals surface area contributed by atoms with Crippen LogP contribution in [0.15, 0.2) is 0 Å². The van der Waals surface area contributed by atoms with E-state index in [9.17, 15) is 9.36 Å². The summed E-state index contributed by atoms with van der Waals surface area (Å²) in [6.07, 6.45) is 0. The van der Waals surface area contributed by atoms with Gasteiger partial charge in [0, 0.05) is 4.83 Å². The van der Waals surface area contributed by atoms with Gasteiger partial charge in [0.15, 0.2) is 0 Å². The van der Waals surface area contributed by atoms with Crippen molar-refractivity contribution in [1.29, 1.82) is 0 Å². The van der Waals surface area contributed by atoms with E-state index >= 15 is 0 Å². The molecule has 14 heavy (non-hydrogen) atoms. The zero-order chi connectivity index (χ0) is 10.6. The number of carbonyl (C=O) groups is 1. The fourth-order valence-electron chi connectivity index (χ4n) is 0.368. The van der Waals surface area contributed by atoms with E-state index in [0.717, 1.165) is 0 Å². The van der Waals surface area contributed by atoms with Gasteiger partial charge in [0.2, 0.25) is 0 Å². The Morgan fingerprint density at radius 3 is 2.36 bits per heavy atom. The van der Waals surface area contributed by atoms with E-state index in [-0.39, 0.29) is 22.4 Å². The number of amides is 1. The lowest BCUT2D eigenvalue weighted by molar-refractivity contribution is 0.235. The van der Waals surface area contributed by atoms with Crippen LogP contribution in [0.3, 0.4) is 0 Å². The number of nitrogens with two attached hydrogens (primary N) is 1. The predicted octanol–water partition coefficient (Wildman–Crippen LogP) is 1.98. The number of hydrogen-bond donors (Lipinski definition) is 3. The highest BCUT2D eigenvalue weighted by Gasteiger charge is 2.29. The van der Waals surface area contributed by atoms with Gasteiger partial charge in [0.1, 0.15) is 0 Å². The van der Waals surface area contributed by atoms with E-state index in [2.05, 4.69) is 42.1 Å². The van der Waals surface area contributed by atoms with Gasteiger partial charge in [0.05, 0.1) is 11.4 Å². The van der Waals surface area contributed by atoms with Crippen LogP contribution in [-0.2, 0) is 9.09 Å². The van der Waals surface area contributed by atoms with Crippen LogP contribution < -0.4 is 11.9 Å². The fourth-order valence-corrected chi connectivity index (χ4v) is 1.35. The number of hydrogen-bond acceptors (Lipinski definition) is 4. The topological polar surface area (TPSA) is 125 Å². The van der Waals surface area contributed by atoms with Gasteiger partial charge in [-0.1, -0.05) is 38.8 Å². The Kier molecular flexibility index (Phi) is 8.38. The number of rotatable bonds is 5. The molecule has 6 N–H and O–H groups in total. The predicted molar refractivity (Wildman–Crippen MR) is 61.5 cm³/mol. The van der Waals surface area contributed by atoms with Gasteiger partial charge >= 0.3 is 13.2 Å². The van der Waals surface area contributed by atoms with Gasteiger partial charge < -0.3 is 21.3 Å². The normalized spacial score (nSPS) is 18.9. The molecule has 0 rings (SSSR count). The fraction of sp³-hybridized carbons (Fsp3) is 0.800. The average Bonchev–Trinajstić information content (AvgIpc) is 1.99. The van der Waals surface area contributed by atoms with Crippen molar-refractivity contribution in [2.24, 2.45) is 5.73 Å². The molecule has 0 aliphatic carbocycles. The van der Waals surface area contributed by atoms with Crippen molar-refractivity contribution in [2.45, 2.75) is 16.6 Å². The minimum absolute atomic E-state index is 0. The highest BCUT2D eigenvalue weighted by molar-refractivity contribution is 9.12. The molecule has 0 aromatic carbocycles. The Morgan fingerprint density at radius 1 is 1.64 bits per heavy atom. The zero-order valence-corrected chi connectivity index (χ0v) is 11.6. The molecule has 9 heteroatoms. The van der Waals surface area contributed by atoms with Gasteiger partial charge in [0.25, 0.3) is 0 Å². The zero-order valence-electron chi connectivity index (χ0n) is 7.52. The first kappa shape index (κ1) is 17.0. The molecule has 86 valence electrons. The van der Waals surface area contributed by atoms with Crippen LogP contribution in [0, 0.1) is 0 Å². The first-order valence-corrected chi connectivity index (χ1v) is 6.73. The summed E-state index contributed by atoms with van der Waals surface area (Å²) >= 11 is 6.42. The summed E-state index contributed by atoms with van der Waals surface area (Å²) in [4.78, 5) is 19.1. The van der Waals surface area contributed by atoms with E-state index in [0.29, 0.717) is 0 Å². The van der Waals surface area contributed by atoms with Crippen molar-refractivity contribution < 1.29 is 18.8 Å². The molecule has 0 aliphatic rings. The third kappa shape index (κ3) is 6.10. The van der Waals surface area contributed by atoms with Crippen LogP contribution in [0.2, 0.25) is 0 Å². The molecule has 1 amide bonds. The Morgan fingerprint density at radius 2 is 2.07 bits per heavy atom. The van der Waals surface area contributed by atoms with Crippen molar-refractivity contribution in [3.05, 3.63) is 0 Å². The maximum Gasteiger partial charge on any atom is 0.415 e. The van der Waals surface area contributed by atoms with E-state index in [1.165, 1.54) is 0 Å². The highest BCUT2D eigenvalue weighted by atomic mass is 79.9. The van der Waals surface area contributed by atoms with Crippen LogP contribution in [0.4, 0.5) is 4.79 Å². The molecule has 0 saturated heterocycles. The lowest BCUT2D eigenvalue weighted by Crippen LogP contribution is -2.19. The SMILES string of the molecule is CC(Br)C(Br)COP(=O)(O)C(N)=O.N. The van der Waals surface area contributed by atoms with E-state index in [1.807, 2.05) is 6.92 Å². The van der Waals surface area contributed by atoms with Gasteiger partial charge in [-0.2, -0.15) is 0 Å². The minimum atomic E-state index is -4.27. The molecule has 6 nitrogen and oxygen atoms in total. The molecule has 0 saturated carbocycles. The van der Waals surface area contributed by atoms with Crippen molar-refractivity contribution >= 4 is 45.1 Å². The third-order valence-corrected chi connectivity index (χ3v) is 4.65. The second kappa shape index (κ2) is 6.92. The molecule has 3 atom stereocenters. The summed E-state index contributed by atoms with van der Waals surface area (Å²) in [6, 6.07) is 0. The molecule has 0 aliphatic heterocycles. The second-order valence-corrected chi connectivity index (χ2v) is 6.71. The van der Waals surface area contributed by atoms with Crippen LogP contribution in [-0.4, -0.2) is 26.8 Å². The van der Waals surface area contributed by atoms with E-state index in [1.54, 1.807) is 0 Å². The Balaban J connectivity index is 0. The quantitative estimate of drug-likeness (QED) is 0.513. The summed E-state index contributed by atoms with van der Waals surface area (Å²) < 4.78 is 15.3. The van der Waals surface area contributed by atoms with Crippen LogP contribution in [0.1, 0.15) is 6.92 Å². The first-order chi connectivity index (χ1) is 5.77. The van der Waals surface area contributed by atoms with Crippen molar-refractivity contribution in [3.63, 3.8) is 0 Å². The smallest absolute Gasteiger partial charge is 0.359 e. The molecular formula is C5H13Br2N2O4P. The van der Waals surface area contributed by atoms with Gasteiger partial charge in [-0.3, -0.25) is 4.79 Å². The molecule has 3 unspecified atom stereocenters. The number of halogens is 2. The third-order valence-electron chi connectivity index (χ3n) is 1.19. The van der Waals surface area contributed by atoms with Gasteiger partial charge in [-0.25, -0.2) is 4.57 Å². The molecule has 0 fully saturated rings. The number of primary amides is 1. The molecule has 0 spiro atoms. The summed E-state index contributed by atoms with van der Waals surface area (Å²) in [7, 11) is -4.27. The van der Waals surface area contributed by atoms with E-state index in [4.69, 9.17) is 4.89 Å². The molecular weight excluding hydrogens is 343 g/mol. The summed E-state index contributed by atoms with van der Waals surface area (Å²) in [5, 5.41) is 0. The van der Waals surface area contributed by atoms with Crippen LogP contribution in [0.5, 0.6) is 0 Å². The lowest BCUT2D eigenvalue weighted by Gasteiger charge is -2.14. The summed E-state index contributed by atoms with van der Waals surface area (Å²) in [6.45, 7) is 1.76. The first-order valence-electron chi connectivity index (χ1n) is 3.33. The number of carbonyl (C=O) groups excluding carboxylic acids is 1. The summed E-state index contributed by atoms with van der Waals surface area (Å²) in [5.74, 6) is 0. The maximum absolute atomic E-state index is 10.9. The maximum atomic E-state index is 10.9.